The molecule has 2 amide bonds. The number of hydrogen-bond donors (Lipinski definition) is 1. The van der Waals surface area contributed by atoms with E-state index in [1.165, 1.54) is 35.2 Å². The number of carbonyl (C=O) groups is 2. The summed E-state index contributed by atoms with van der Waals surface area (Å²) in [4.78, 5) is 28.0. The van der Waals surface area contributed by atoms with Crippen LogP contribution in [-0.2, 0) is 9.59 Å². The number of nitrogens with zero attached hydrogens (tertiary/aromatic N) is 2. The Labute approximate surface area is 160 Å². The van der Waals surface area contributed by atoms with E-state index < -0.39 is 11.8 Å². The Kier molecular flexibility index (Phi) is 5.64. The van der Waals surface area contributed by atoms with Crippen LogP contribution in [0.15, 0.2) is 42.5 Å². The number of carbonyl (C=O) groups excluding carboxylic acids is 2. The lowest BCUT2D eigenvalue weighted by Gasteiger charge is -2.35. The van der Waals surface area contributed by atoms with E-state index in [9.17, 15) is 14.0 Å². The average Bonchev–Trinajstić information content (AvgIpc) is 2.61. The van der Waals surface area contributed by atoms with Crippen LogP contribution in [0.25, 0.3) is 0 Å². The molecule has 1 fully saturated rings. The van der Waals surface area contributed by atoms with E-state index in [0.717, 1.165) is 5.69 Å². The minimum absolute atomic E-state index is 0.291. The van der Waals surface area contributed by atoms with Crippen LogP contribution >= 0.6 is 23.2 Å². The van der Waals surface area contributed by atoms with Crippen molar-refractivity contribution in [2.45, 2.75) is 0 Å². The number of amides is 2. The lowest BCUT2D eigenvalue weighted by molar-refractivity contribution is -0.143. The number of piperazine rings is 1. The summed E-state index contributed by atoms with van der Waals surface area (Å²) in [6.07, 6.45) is 0. The summed E-state index contributed by atoms with van der Waals surface area (Å²) in [6, 6.07) is 10.8. The number of hydrogen-bond acceptors (Lipinski definition) is 3. The minimum atomic E-state index is -0.737. The summed E-state index contributed by atoms with van der Waals surface area (Å²) in [5.74, 6) is -1.64. The van der Waals surface area contributed by atoms with Gasteiger partial charge in [0.1, 0.15) is 5.82 Å². The molecule has 1 aliphatic heterocycles. The van der Waals surface area contributed by atoms with Crippen molar-refractivity contribution in [3.05, 3.63) is 58.3 Å². The fourth-order valence-corrected chi connectivity index (χ4v) is 3.30. The van der Waals surface area contributed by atoms with E-state index in [-0.39, 0.29) is 5.82 Å². The first-order valence-electron chi connectivity index (χ1n) is 7.99. The molecule has 0 bridgehead atoms. The first-order chi connectivity index (χ1) is 12.4. The molecule has 8 heteroatoms. The Morgan fingerprint density at radius 3 is 2.08 bits per heavy atom. The van der Waals surface area contributed by atoms with Crippen molar-refractivity contribution in [1.82, 2.24) is 4.90 Å². The van der Waals surface area contributed by atoms with Gasteiger partial charge >= 0.3 is 11.8 Å². The van der Waals surface area contributed by atoms with Crippen molar-refractivity contribution in [1.29, 1.82) is 0 Å². The van der Waals surface area contributed by atoms with Crippen molar-refractivity contribution >= 4 is 46.4 Å². The highest BCUT2D eigenvalue weighted by Crippen LogP contribution is 2.22. The molecule has 0 saturated carbocycles. The van der Waals surface area contributed by atoms with Gasteiger partial charge in [0.25, 0.3) is 0 Å². The third-order valence-electron chi connectivity index (χ3n) is 4.07. The van der Waals surface area contributed by atoms with Crippen molar-refractivity contribution in [3.8, 4) is 0 Å². The van der Waals surface area contributed by atoms with Gasteiger partial charge in [-0.2, -0.15) is 0 Å². The van der Waals surface area contributed by atoms with Crippen LogP contribution < -0.4 is 10.2 Å². The summed E-state index contributed by atoms with van der Waals surface area (Å²) in [5.41, 5.74) is 1.25. The predicted octanol–water partition coefficient (Wildman–Crippen LogP) is 3.42. The van der Waals surface area contributed by atoms with E-state index in [4.69, 9.17) is 23.2 Å². The van der Waals surface area contributed by atoms with Gasteiger partial charge in [-0.05, 0) is 42.5 Å². The molecule has 2 aromatic carbocycles. The third kappa shape index (κ3) is 4.45. The molecule has 0 radical (unpaired) electrons. The molecule has 2 aromatic rings. The summed E-state index contributed by atoms with van der Waals surface area (Å²) in [5, 5.41) is 3.25. The monoisotopic (exact) mass is 395 g/mol. The largest absolute Gasteiger partial charge is 0.368 e. The van der Waals surface area contributed by atoms with Crippen molar-refractivity contribution in [2.24, 2.45) is 0 Å². The van der Waals surface area contributed by atoms with Gasteiger partial charge in [-0.3, -0.25) is 9.59 Å². The topological polar surface area (TPSA) is 52.7 Å². The molecule has 0 aromatic heterocycles. The molecule has 1 heterocycles. The van der Waals surface area contributed by atoms with Gasteiger partial charge in [0.2, 0.25) is 0 Å². The van der Waals surface area contributed by atoms with Crippen LogP contribution in [0.5, 0.6) is 0 Å². The number of benzene rings is 2. The number of anilines is 2. The Morgan fingerprint density at radius 2 is 1.50 bits per heavy atom. The lowest BCUT2D eigenvalue weighted by Crippen LogP contribution is -2.51. The minimum Gasteiger partial charge on any atom is -0.368 e. The first-order valence-corrected chi connectivity index (χ1v) is 8.75. The molecule has 1 N–H and O–H groups in total. The first kappa shape index (κ1) is 18.5. The van der Waals surface area contributed by atoms with Crippen LogP contribution in [0.1, 0.15) is 0 Å². The van der Waals surface area contributed by atoms with Crippen molar-refractivity contribution in [2.75, 3.05) is 36.4 Å². The van der Waals surface area contributed by atoms with E-state index in [2.05, 4.69) is 5.32 Å². The average molecular weight is 396 g/mol. The highest BCUT2D eigenvalue weighted by atomic mass is 35.5. The van der Waals surface area contributed by atoms with Crippen LogP contribution in [0.3, 0.4) is 0 Å². The van der Waals surface area contributed by atoms with Gasteiger partial charge in [-0.1, -0.05) is 23.2 Å². The van der Waals surface area contributed by atoms with Gasteiger partial charge in [-0.25, -0.2) is 4.39 Å². The van der Waals surface area contributed by atoms with Gasteiger partial charge in [0.05, 0.1) is 0 Å². The smallest absolute Gasteiger partial charge is 0.313 e. The molecule has 5 nitrogen and oxygen atoms in total. The fourth-order valence-electron chi connectivity index (χ4n) is 2.77. The van der Waals surface area contributed by atoms with Gasteiger partial charge < -0.3 is 15.1 Å². The molecule has 0 unspecified atom stereocenters. The van der Waals surface area contributed by atoms with E-state index in [1.54, 1.807) is 12.1 Å². The zero-order chi connectivity index (χ0) is 18.7. The zero-order valence-electron chi connectivity index (χ0n) is 13.7. The summed E-state index contributed by atoms with van der Waals surface area (Å²) in [6.45, 7) is 1.93. The number of nitrogens with one attached hydrogen (secondary N) is 1. The molecule has 3 rings (SSSR count). The Hall–Kier alpha value is -2.31. The van der Waals surface area contributed by atoms with Crippen LogP contribution in [0.4, 0.5) is 15.8 Å². The highest BCUT2D eigenvalue weighted by molar-refractivity contribution is 6.40. The Bertz CT molecular complexity index is 801. The quantitative estimate of drug-likeness (QED) is 0.792. The van der Waals surface area contributed by atoms with Crippen molar-refractivity contribution in [3.63, 3.8) is 0 Å². The normalized spacial score (nSPS) is 14.3. The maximum absolute atomic E-state index is 13.0. The van der Waals surface area contributed by atoms with E-state index in [1.807, 2.05) is 4.90 Å². The van der Waals surface area contributed by atoms with E-state index >= 15 is 0 Å². The maximum atomic E-state index is 13.0. The number of rotatable bonds is 2. The van der Waals surface area contributed by atoms with Gasteiger partial charge in [-0.15, -0.1) is 0 Å². The molecule has 1 saturated heterocycles. The molecule has 0 spiro atoms. The fraction of sp³-hybridized carbons (Fsp3) is 0.222. The summed E-state index contributed by atoms with van der Waals surface area (Å²) >= 11 is 11.8. The molecule has 136 valence electrons. The number of halogens is 3. The third-order valence-corrected chi connectivity index (χ3v) is 4.51. The molecular weight excluding hydrogens is 380 g/mol. The van der Waals surface area contributed by atoms with Crippen molar-refractivity contribution < 1.29 is 14.0 Å². The second kappa shape index (κ2) is 7.93. The zero-order valence-corrected chi connectivity index (χ0v) is 15.2. The Balaban J connectivity index is 1.57. The molecule has 0 aliphatic carbocycles. The van der Waals surface area contributed by atoms with Gasteiger partial charge in [0.15, 0.2) is 0 Å². The maximum Gasteiger partial charge on any atom is 0.313 e. The summed E-state index contributed by atoms with van der Waals surface area (Å²) < 4.78 is 13.0. The Morgan fingerprint density at radius 1 is 0.923 bits per heavy atom. The second-order valence-corrected chi connectivity index (χ2v) is 6.74. The summed E-state index contributed by atoms with van der Waals surface area (Å²) in [7, 11) is 0. The van der Waals surface area contributed by atoms with Gasteiger partial charge in [0, 0.05) is 47.6 Å². The predicted molar refractivity (Wildman–Crippen MR) is 100 cm³/mol. The van der Waals surface area contributed by atoms with Crippen LogP contribution in [0.2, 0.25) is 10.0 Å². The second-order valence-electron chi connectivity index (χ2n) is 5.87. The molecular formula is C18H16Cl2FN3O2. The van der Waals surface area contributed by atoms with Crippen LogP contribution in [0, 0.1) is 5.82 Å². The standard InChI is InChI=1S/C18H16Cl2FN3O2/c19-12-9-13(20)11-15(10-12)22-17(25)18(26)24-7-5-23(6-8-24)16-3-1-14(21)2-4-16/h1-4,9-11H,5-8H2,(H,22,25). The SMILES string of the molecule is O=C(Nc1cc(Cl)cc(Cl)c1)C(=O)N1CCN(c2ccc(F)cc2)CC1. The molecule has 1 aliphatic rings. The lowest BCUT2D eigenvalue weighted by atomic mass is 10.2. The molecule has 0 atom stereocenters. The van der Waals surface area contributed by atoms with E-state index in [0.29, 0.717) is 41.9 Å². The highest BCUT2D eigenvalue weighted by Gasteiger charge is 2.26. The molecule has 26 heavy (non-hydrogen) atoms. The van der Waals surface area contributed by atoms with Crippen LogP contribution in [-0.4, -0.2) is 42.9 Å².